The minimum Gasteiger partial charge on any atom is -0.481 e. The van der Waals surface area contributed by atoms with Crippen molar-refractivity contribution in [3.63, 3.8) is 0 Å². The first-order valence-electron chi connectivity index (χ1n) is 5.77. The Hall–Kier alpha value is -0.710. The topological polar surface area (TPSA) is 40.5 Å². The fourth-order valence-electron chi connectivity index (χ4n) is 2.51. The predicted octanol–water partition coefficient (Wildman–Crippen LogP) is 1.97. The second-order valence-corrected chi connectivity index (χ2v) is 5.07. The van der Waals surface area contributed by atoms with Gasteiger partial charge in [0.1, 0.15) is 0 Å². The van der Waals surface area contributed by atoms with Gasteiger partial charge < -0.3 is 10.0 Å². The van der Waals surface area contributed by atoms with E-state index in [1.807, 2.05) is 4.90 Å². The molecule has 0 aromatic rings. The number of hydrogen-bond donors (Lipinski definition) is 1. The molecule has 5 heteroatoms. The van der Waals surface area contributed by atoms with Gasteiger partial charge >= 0.3 is 5.97 Å². The highest BCUT2D eigenvalue weighted by atomic mass is 19.3. The number of piperidine rings is 1. The van der Waals surface area contributed by atoms with E-state index in [-0.39, 0.29) is 12.8 Å². The van der Waals surface area contributed by atoms with Crippen LogP contribution in [0, 0.1) is 5.41 Å². The SMILES string of the molecule is O=C(O)C1(CN2CCC(F)(F)CC2)CCC1. The molecule has 2 rings (SSSR count). The standard InChI is InChI=1S/C11H17F2NO2/c12-11(13)4-6-14(7-5-11)8-10(9(15)16)2-1-3-10/h1-8H2,(H,15,16). The van der Waals surface area contributed by atoms with Gasteiger partial charge in [-0.05, 0) is 12.8 Å². The van der Waals surface area contributed by atoms with Gasteiger partial charge in [-0.1, -0.05) is 6.42 Å². The van der Waals surface area contributed by atoms with E-state index >= 15 is 0 Å². The van der Waals surface area contributed by atoms with E-state index in [0.29, 0.717) is 32.5 Å². The number of nitrogens with zero attached hydrogens (tertiary/aromatic N) is 1. The van der Waals surface area contributed by atoms with E-state index in [4.69, 9.17) is 5.11 Å². The van der Waals surface area contributed by atoms with Crippen molar-refractivity contribution in [3.05, 3.63) is 0 Å². The number of carboxylic acids is 1. The molecule has 0 radical (unpaired) electrons. The molecule has 2 fully saturated rings. The lowest BCUT2D eigenvalue weighted by molar-refractivity contribution is -0.157. The average molecular weight is 233 g/mol. The van der Waals surface area contributed by atoms with Crippen molar-refractivity contribution >= 4 is 5.97 Å². The van der Waals surface area contributed by atoms with Crippen molar-refractivity contribution in [2.75, 3.05) is 19.6 Å². The second kappa shape index (κ2) is 3.95. The van der Waals surface area contributed by atoms with Crippen molar-refractivity contribution < 1.29 is 18.7 Å². The molecule has 0 atom stereocenters. The summed E-state index contributed by atoms with van der Waals surface area (Å²) in [5, 5.41) is 9.14. The van der Waals surface area contributed by atoms with Crippen molar-refractivity contribution in [2.24, 2.45) is 5.41 Å². The normalized spacial score (nSPS) is 28.4. The van der Waals surface area contributed by atoms with Crippen LogP contribution in [0.3, 0.4) is 0 Å². The first-order chi connectivity index (χ1) is 7.44. The van der Waals surface area contributed by atoms with Crippen LogP contribution in [0.1, 0.15) is 32.1 Å². The van der Waals surface area contributed by atoms with Crippen LogP contribution >= 0.6 is 0 Å². The summed E-state index contributed by atoms with van der Waals surface area (Å²) in [6.45, 7) is 1.09. The van der Waals surface area contributed by atoms with Crippen LogP contribution < -0.4 is 0 Å². The van der Waals surface area contributed by atoms with E-state index in [2.05, 4.69) is 0 Å². The number of carboxylic acid groups (broad SMARTS) is 1. The number of halogens is 2. The van der Waals surface area contributed by atoms with Gasteiger partial charge in [0.25, 0.3) is 5.92 Å². The minimum absolute atomic E-state index is 0.136. The molecule has 92 valence electrons. The molecule has 1 aliphatic carbocycles. The number of alkyl halides is 2. The summed E-state index contributed by atoms with van der Waals surface area (Å²) in [6, 6.07) is 0. The third-order valence-electron chi connectivity index (χ3n) is 3.88. The Morgan fingerprint density at radius 3 is 2.12 bits per heavy atom. The molecular weight excluding hydrogens is 216 g/mol. The molecule has 0 aromatic carbocycles. The Balaban J connectivity index is 1.89. The van der Waals surface area contributed by atoms with Gasteiger partial charge in [-0.2, -0.15) is 0 Å². The molecule has 3 nitrogen and oxygen atoms in total. The zero-order chi connectivity index (χ0) is 11.8. The van der Waals surface area contributed by atoms with Crippen molar-refractivity contribution in [1.82, 2.24) is 4.90 Å². The van der Waals surface area contributed by atoms with Crippen LogP contribution in [0.5, 0.6) is 0 Å². The highest BCUT2D eigenvalue weighted by Crippen LogP contribution is 2.42. The van der Waals surface area contributed by atoms with Crippen LogP contribution in [0.2, 0.25) is 0 Å². The zero-order valence-electron chi connectivity index (χ0n) is 9.22. The number of likely N-dealkylation sites (tertiary alicyclic amines) is 1. The van der Waals surface area contributed by atoms with Gasteiger partial charge in [0.2, 0.25) is 0 Å². The van der Waals surface area contributed by atoms with E-state index in [1.165, 1.54) is 0 Å². The first kappa shape index (κ1) is 11.8. The van der Waals surface area contributed by atoms with Crippen molar-refractivity contribution in [3.8, 4) is 0 Å². The Kier molecular flexibility index (Phi) is 2.90. The van der Waals surface area contributed by atoms with Crippen LogP contribution in [0.15, 0.2) is 0 Å². The summed E-state index contributed by atoms with van der Waals surface area (Å²) >= 11 is 0. The Labute approximate surface area is 93.4 Å². The highest BCUT2D eigenvalue weighted by Gasteiger charge is 2.46. The number of carbonyl (C=O) groups is 1. The maximum absolute atomic E-state index is 12.9. The lowest BCUT2D eigenvalue weighted by Crippen LogP contribution is -2.50. The van der Waals surface area contributed by atoms with E-state index in [9.17, 15) is 13.6 Å². The summed E-state index contributed by atoms with van der Waals surface area (Å²) in [4.78, 5) is 13.0. The third kappa shape index (κ3) is 2.19. The van der Waals surface area contributed by atoms with Gasteiger partial charge in [-0.25, -0.2) is 8.78 Å². The van der Waals surface area contributed by atoms with E-state index in [1.54, 1.807) is 0 Å². The zero-order valence-corrected chi connectivity index (χ0v) is 9.22. The monoisotopic (exact) mass is 233 g/mol. The number of aliphatic carboxylic acids is 1. The number of hydrogen-bond acceptors (Lipinski definition) is 2. The molecule has 1 saturated carbocycles. The first-order valence-corrected chi connectivity index (χ1v) is 5.77. The van der Waals surface area contributed by atoms with Gasteiger partial charge in [0.15, 0.2) is 0 Å². The molecule has 0 spiro atoms. The summed E-state index contributed by atoms with van der Waals surface area (Å²) in [7, 11) is 0. The minimum atomic E-state index is -2.55. The Bertz CT molecular complexity index is 280. The van der Waals surface area contributed by atoms with Gasteiger partial charge in [0.05, 0.1) is 5.41 Å². The lowest BCUT2D eigenvalue weighted by Gasteiger charge is -2.43. The quantitative estimate of drug-likeness (QED) is 0.810. The molecule has 16 heavy (non-hydrogen) atoms. The van der Waals surface area contributed by atoms with Crippen molar-refractivity contribution in [2.45, 2.75) is 38.0 Å². The highest BCUT2D eigenvalue weighted by molar-refractivity contribution is 5.76. The third-order valence-corrected chi connectivity index (χ3v) is 3.88. The molecular formula is C11H17F2NO2. The maximum atomic E-state index is 12.9. The average Bonchev–Trinajstić information content (AvgIpc) is 2.13. The van der Waals surface area contributed by atoms with Gasteiger partial charge in [0, 0.05) is 32.5 Å². The fraction of sp³-hybridized carbons (Fsp3) is 0.909. The maximum Gasteiger partial charge on any atom is 0.310 e. The predicted molar refractivity (Wildman–Crippen MR) is 54.5 cm³/mol. The molecule has 0 amide bonds. The molecule has 1 N–H and O–H groups in total. The Morgan fingerprint density at radius 1 is 1.19 bits per heavy atom. The summed E-state index contributed by atoms with van der Waals surface area (Å²) in [5.41, 5.74) is -0.646. The van der Waals surface area contributed by atoms with E-state index in [0.717, 1.165) is 6.42 Å². The van der Waals surface area contributed by atoms with Crippen LogP contribution in [0.25, 0.3) is 0 Å². The summed E-state index contributed by atoms with van der Waals surface area (Å²) in [5.74, 6) is -3.32. The molecule has 1 heterocycles. The lowest BCUT2D eigenvalue weighted by atomic mass is 9.68. The van der Waals surface area contributed by atoms with Crippen molar-refractivity contribution in [1.29, 1.82) is 0 Å². The van der Waals surface area contributed by atoms with Gasteiger partial charge in [-0.15, -0.1) is 0 Å². The molecule has 2 aliphatic rings. The second-order valence-electron chi connectivity index (χ2n) is 5.07. The van der Waals surface area contributed by atoms with E-state index < -0.39 is 17.3 Å². The summed E-state index contributed by atoms with van der Waals surface area (Å²) in [6.07, 6.45) is 2.05. The smallest absolute Gasteiger partial charge is 0.310 e. The fourth-order valence-corrected chi connectivity index (χ4v) is 2.51. The van der Waals surface area contributed by atoms with Crippen LogP contribution in [-0.4, -0.2) is 41.5 Å². The molecule has 1 aliphatic heterocycles. The van der Waals surface area contributed by atoms with Gasteiger partial charge in [-0.3, -0.25) is 4.79 Å². The number of rotatable bonds is 3. The largest absolute Gasteiger partial charge is 0.481 e. The molecule has 1 saturated heterocycles. The molecule has 0 aromatic heterocycles. The Morgan fingerprint density at radius 2 is 1.75 bits per heavy atom. The van der Waals surface area contributed by atoms with Crippen LogP contribution in [-0.2, 0) is 4.79 Å². The molecule has 0 unspecified atom stereocenters. The molecule has 0 bridgehead atoms. The van der Waals surface area contributed by atoms with Crippen LogP contribution in [0.4, 0.5) is 8.78 Å². The summed E-state index contributed by atoms with van der Waals surface area (Å²) < 4.78 is 25.8.